The summed E-state index contributed by atoms with van der Waals surface area (Å²) in [7, 11) is 0. The number of carbonyl (C=O) groups is 1. The maximum Gasteiger partial charge on any atom is 0.307 e. The molecule has 3 aromatic carbocycles. The lowest BCUT2D eigenvalue weighted by molar-refractivity contribution is 0.0929. The predicted molar refractivity (Wildman–Crippen MR) is 129 cm³/mol. The fourth-order valence-electron chi connectivity index (χ4n) is 2.80. The normalized spacial score (nSPS) is 11.2. The van der Waals surface area contributed by atoms with Crippen LogP contribution in [0, 0.1) is 0 Å². The van der Waals surface area contributed by atoms with Crippen molar-refractivity contribution >= 4 is 66.6 Å². The largest absolute Gasteiger partial charge is 0.488 e. The van der Waals surface area contributed by atoms with Gasteiger partial charge in [0.15, 0.2) is 5.76 Å². The Morgan fingerprint density at radius 2 is 1.87 bits per heavy atom. The molecule has 0 atom stereocenters. The molecule has 1 N–H and O–H groups in total. The fraction of sp³-hybridized carbons (Fsp3) is 0.0435. The molecule has 0 spiro atoms. The van der Waals surface area contributed by atoms with E-state index >= 15 is 0 Å². The second kappa shape index (κ2) is 9.68. The van der Waals surface area contributed by atoms with E-state index in [0.717, 1.165) is 25.5 Å². The van der Waals surface area contributed by atoms with Crippen LogP contribution in [0.4, 0.5) is 0 Å². The van der Waals surface area contributed by atoms with E-state index in [4.69, 9.17) is 20.8 Å². The average molecular weight is 563 g/mol. The molecule has 0 aliphatic rings. The van der Waals surface area contributed by atoms with E-state index in [1.165, 1.54) is 0 Å². The van der Waals surface area contributed by atoms with Crippen molar-refractivity contribution < 1.29 is 13.9 Å². The number of rotatable bonds is 6. The van der Waals surface area contributed by atoms with Gasteiger partial charge in [-0.2, -0.15) is 5.10 Å². The zero-order valence-corrected chi connectivity index (χ0v) is 19.9. The van der Waals surface area contributed by atoms with Gasteiger partial charge in [0.2, 0.25) is 0 Å². The minimum Gasteiger partial charge on any atom is -0.488 e. The van der Waals surface area contributed by atoms with Gasteiger partial charge in [-0.05, 0) is 81.7 Å². The molecule has 0 aliphatic heterocycles. The van der Waals surface area contributed by atoms with Crippen LogP contribution in [-0.2, 0) is 6.61 Å². The molecule has 4 rings (SSSR count). The third-order valence-corrected chi connectivity index (χ3v) is 5.71. The molecular formula is C23H15Br2ClN2O3. The summed E-state index contributed by atoms with van der Waals surface area (Å²) >= 11 is 12.8. The van der Waals surface area contributed by atoms with E-state index in [2.05, 4.69) is 42.4 Å². The Morgan fingerprint density at radius 1 is 1.06 bits per heavy atom. The quantitative estimate of drug-likeness (QED) is 0.204. The Balaban J connectivity index is 1.36. The van der Waals surface area contributed by atoms with Crippen molar-refractivity contribution in [3.05, 3.63) is 97.6 Å². The van der Waals surface area contributed by atoms with E-state index in [0.29, 0.717) is 23.0 Å². The van der Waals surface area contributed by atoms with Crippen molar-refractivity contribution in [3.8, 4) is 5.75 Å². The van der Waals surface area contributed by atoms with Crippen molar-refractivity contribution in [2.75, 3.05) is 0 Å². The van der Waals surface area contributed by atoms with E-state index in [-0.39, 0.29) is 5.76 Å². The number of nitrogens with zero attached hydrogens (tertiary/aromatic N) is 1. The average Bonchev–Trinajstić information content (AvgIpc) is 3.17. The highest BCUT2D eigenvalue weighted by atomic mass is 79.9. The molecule has 0 bridgehead atoms. The van der Waals surface area contributed by atoms with Crippen molar-refractivity contribution in [1.29, 1.82) is 0 Å². The first-order valence-corrected chi connectivity index (χ1v) is 11.1. The standard InChI is InChI=1S/C23H15Br2ClN2O3/c24-17-4-8-20-16(10-17)11-22(31-20)23(29)28-27-12-15-3-7-21(19(25)9-15)30-13-14-1-5-18(26)6-2-14/h1-12H,13H2,(H,28,29)/b27-12+. The molecule has 31 heavy (non-hydrogen) atoms. The fourth-order valence-corrected chi connectivity index (χ4v) is 3.82. The third-order valence-electron chi connectivity index (χ3n) is 4.35. The lowest BCUT2D eigenvalue weighted by Gasteiger charge is -2.09. The van der Waals surface area contributed by atoms with Gasteiger partial charge in [0.25, 0.3) is 0 Å². The van der Waals surface area contributed by atoms with Crippen LogP contribution < -0.4 is 10.2 Å². The number of hydrazone groups is 1. The van der Waals surface area contributed by atoms with Crippen molar-refractivity contribution in [1.82, 2.24) is 5.43 Å². The maximum atomic E-state index is 12.3. The zero-order chi connectivity index (χ0) is 21.8. The van der Waals surface area contributed by atoms with Crippen molar-refractivity contribution in [3.63, 3.8) is 0 Å². The molecule has 5 nitrogen and oxygen atoms in total. The van der Waals surface area contributed by atoms with Gasteiger partial charge in [-0.1, -0.05) is 39.7 Å². The van der Waals surface area contributed by atoms with Gasteiger partial charge in [-0.3, -0.25) is 4.79 Å². The van der Waals surface area contributed by atoms with Gasteiger partial charge in [-0.15, -0.1) is 0 Å². The highest BCUT2D eigenvalue weighted by Crippen LogP contribution is 2.27. The van der Waals surface area contributed by atoms with Crippen LogP contribution in [0.1, 0.15) is 21.7 Å². The van der Waals surface area contributed by atoms with E-state index in [9.17, 15) is 4.79 Å². The van der Waals surface area contributed by atoms with Gasteiger partial charge < -0.3 is 9.15 Å². The molecule has 4 aromatic rings. The maximum absolute atomic E-state index is 12.3. The highest BCUT2D eigenvalue weighted by Gasteiger charge is 2.11. The number of carbonyl (C=O) groups excluding carboxylic acids is 1. The Hall–Kier alpha value is -2.61. The summed E-state index contributed by atoms with van der Waals surface area (Å²) in [5.74, 6) is 0.465. The topological polar surface area (TPSA) is 63.8 Å². The first-order valence-electron chi connectivity index (χ1n) is 9.17. The van der Waals surface area contributed by atoms with E-state index in [1.807, 2.05) is 54.6 Å². The number of nitrogens with one attached hydrogen (secondary N) is 1. The molecule has 0 fully saturated rings. The number of fused-ring (bicyclic) bond motifs is 1. The second-order valence-corrected chi connectivity index (χ2v) is 8.80. The zero-order valence-electron chi connectivity index (χ0n) is 15.9. The molecule has 1 amide bonds. The smallest absolute Gasteiger partial charge is 0.307 e. The molecule has 0 saturated heterocycles. The number of hydrogen-bond donors (Lipinski definition) is 1. The molecule has 1 aromatic heterocycles. The summed E-state index contributed by atoms with van der Waals surface area (Å²) in [6, 6.07) is 20.2. The van der Waals surface area contributed by atoms with Gasteiger partial charge in [0.1, 0.15) is 17.9 Å². The number of hydrogen-bond acceptors (Lipinski definition) is 4. The number of amides is 1. The van der Waals surface area contributed by atoms with Crippen LogP contribution in [0.15, 0.2) is 85.2 Å². The minimum absolute atomic E-state index is 0.192. The summed E-state index contributed by atoms with van der Waals surface area (Å²) in [6.07, 6.45) is 1.55. The predicted octanol–water partition coefficient (Wildman–Crippen LogP) is 6.95. The summed E-state index contributed by atoms with van der Waals surface area (Å²) in [6.45, 7) is 0.424. The molecule has 8 heteroatoms. The second-order valence-electron chi connectivity index (χ2n) is 6.60. The molecule has 0 radical (unpaired) electrons. The van der Waals surface area contributed by atoms with E-state index < -0.39 is 5.91 Å². The summed E-state index contributed by atoms with van der Waals surface area (Å²) < 4.78 is 13.1. The Bertz CT molecular complexity index is 1270. The molecule has 0 unspecified atom stereocenters. The van der Waals surface area contributed by atoms with Crippen molar-refractivity contribution in [2.24, 2.45) is 5.10 Å². The Kier molecular flexibility index (Phi) is 6.75. The van der Waals surface area contributed by atoms with Crippen LogP contribution >= 0.6 is 43.5 Å². The molecular weight excluding hydrogens is 548 g/mol. The molecule has 156 valence electrons. The lowest BCUT2D eigenvalue weighted by atomic mass is 10.2. The summed E-state index contributed by atoms with van der Waals surface area (Å²) in [5, 5.41) is 5.53. The summed E-state index contributed by atoms with van der Waals surface area (Å²) in [5.41, 5.74) is 4.92. The van der Waals surface area contributed by atoms with Crippen LogP contribution in [0.3, 0.4) is 0 Å². The number of benzene rings is 3. The number of furan rings is 1. The first-order chi connectivity index (χ1) is 15.0. The molecule has 0 aliphatic carbocycles. The van der Waals surface area contributed by atoms with Crippen LogP contribution in [0.25, 0.3) is 11.0 Å². The lowest BCUT2D eigenvalue weighted by Crippen LogP contribution is -2.16. The first kappa shape index (κ1) is 21.6. The molecule has 1 heterocycles. The van der Waals surface area contributed by atoms with Crippen molar-refractivity contribution in [2.45, 2.75) is 6.61 Å². The van der Waals surface area contributed by atoms with Gasteiger partial charge >= 0.3 is 5.91 Å². The van der Waals surface area contributed by atoms with Gasteiger partial charge in [-0.25, -0.2) is 5.43 Å². The van der Waals surface area contributed by atoms with Crippen LogP contribution in [0.5, 0.6) is 5.75 Å². The van der Waals surface area contributed by atoms with Gasteiger partial charge in [0, 0.05) is 14.9 Å². The SMILES string of the molecule is O=C(N/N=C/c1ccc(OCc2ccc(Cl)cc2)c(Br)c1)c1cc2cc(Br)ccc2o1. The number of ether oxygens (including phenoxy) is 1. The molecule has 0 saturated carbocycles. The highest BCUT2D eigenvalue weighted by molar-refractivity contribution is 9.10. The number of halogens is 3. The van der Waals surface area contributed by atoms with Crippen LogP contribution in [0.2, 0.25) is 5.02 Å². The van der Waals surface area contributed by atoms with Gasteiger partial charge in [0.05, 0.1) is 10.7 Å². The van der Waals surface area contributed by atoms with Crippen LogP contribution in [-0.4, -0.2) is 12.1 Å². The Labute approximate surface area is 200 Å². The Morgan fingerprint density at radius 3 is 2.65 bits per heavy atom. The summed E-state index contributed by atoms with van der Waals surface area (Å²) in [4.78, 5) is 12.3. The minimum atomic E-state index is -0.425. The monoisotopic (exact) mass is 560 g/mol. The van der Waals surface area contributed by atoms with E-state index in [1.54, 1.807) is 18.3 Å². The third kappa shape index (κ3) is 5.55.